The van der Waals surface area contributed by atoms with Gasteiger partial charge in [0.1, 0.15) is 5.75 Å². The predicted molar refractivity (Wildman–Crippen MR) is 40.0 cm³/mol. The lowest BCUT2D eigenvalue weighted by molar-refractivity contribution is 0.467. The van der Waals surface area contributed by atoms with Crippen LogP contribution in [0, 0.1) is 18.3 Å². The molecule has 0 aliphatic heterocycles. The van der Waals surface area contributed by atoms with Crippen LogP contribution in [-0.4, -0.2) is 10.1 Å². The summed E-state index contributed by atoms with van der Waals surface area (Å²) in [5, 5.41) is 17.4. The lowest BCUT2D eigenvalue weighted by Gasteiger charge is -1.98. The Bertz CT molecular complexity index is 301. The molecule has 0 spiro atoms. The summed E-state index contributed by atoms with van der Waals surface area (Å²) in [6, 6.07) is 5.18. The van der Waals surface area contributed by atoms with Crippen molar-refractivity contribution in [2.24, 2.45) is 0 Å². The maximum Gasteiger partial charge on any atom is 0.136 e. The number of nitriles is 1. The van der Waals surface area contributed by atoms with Crippen LogP contribution in [0.15, 0.2) is 12.1 Å². The number of aromatic nitrogens is 1. The van der Waals surface area contributed by atoms with E-state index in [1.54, 1.807) is 19.1 Å². The summed E-state index contributed by atoms with van der Waals surface area (Å²) < 4.78 is 0. The SMILES string of the molecule is Cc1nc(CC#N)ccc1O. The minimum Gasteiger partial charge on any atom is -0.506 e. The predicted octanol–water partition coefficient (Wildman–Crippen LogP) is 1.16. The van der Waals surface area contributed by atoms with Gasteiger partial charge in [0.15, 0.2) is 0 Å². The van der Waals surface area contributed by atoms with E-state index in [9.17, 15) is 0 Å². The topological polar surface area (TPSA) is 56.9 Å². The van der Waals surface area contributed by atoms with Gasteiger partial charge in [0.05, 0.1) is 23.9 Å². The molecule has 3 nitrogen and oxygen atoms in total. The third kappa shape index (κ3) is 1.68. The van der Waals surface area contributed by atoms with Crippen molar-refractivity contribution in [1.29, 1.82) is 5.26 Å². The van der Waals surface area contributed by atoms with Crippen LogP contribution in [0.25, 0.3) is 0 Å². The van der Waals surface area contributed by atoms with E-state index in [0.29, 0.717) is 17.8 Å². The maximum absolute atomic E-state index is 9.07. The zero-order valence-electron chi connectivity index (χ0n) is 6.20. The third-order valence-electron chi connectivity index (χ3n) is 1.38. The molecule has 0 aliphatic rings. The fourth-order valence-corrected chi connectivity index (χ4v) is 0.785. The minimum atomic E-state index is 0.173. The van der Waals surface area contributed by atoms with Gasteiger partial charge in [-0.3, -0.25) is 4.98 Å². The van der Waals surface area contributed by atoms with Crippen molar-refractivity contribution in [3.8, 4) is 11.8 Å². The Kier molecular flexibility index (Phi) is 2.07. The van der Waals surface area contributed by atoms with Gasteiger partial charge in [0.2, 0.25) is 0 Å². The van der Waals surface area contributed by atoms with E-state index >= 15 is 0 Å². The zero-order chi connectivity index (χ0) is 8.27. The van der Waals surface area contributed by atoms with Crippen LogP contribution in [-0.2, 0) is 6.42 Å². The standard InChI is InChI=1S/C8H8N2O/c1-6-8(11)3-2-7(10-6)4-5-9/h2-3,11H,4H2,1H3. The Balaban J connectivity index is 2.98. The lowest BCUT2D eigenvalue weighted by atomic mass is 10.2. The van der Waals surface area contributed by atoms with Gasteiger partial charge < -0.3 is 5.11 Å². The summed E-state index contributed by atoms with van der Waals surface area (Å²) in [5.74, 6) is 0.173. The number of aromatic hydroxyl groups is 1. The maximum atomic E-state index is 9.07. The van der Waals surface area contributed by atoms with Crippen LogP contribution >= 0.6 is 0 Å². The van der Waals surface area contributed by atoms with Crippen molar-refractivity contribution < 1.29 is 5.11 Å². The highest BCUT2D eigenvalue weighted by molar-refractivity contribution is 5.27. The van der Waals surface area contributed by atoms with E-state index in [4.69, 9.17) is 10.4 Å². The van der Waals surface area contributed by atoms with Crippen LogP contribution in [0.4, 0.5) is 0 Å². The molecule has 1 rings (SSSR count). The summed E-state index contributed by atoms with van der Waals surface area (Å²) in [6.07, 6.45) is 0.293. The van der Waals surface area contributed by atoms with Crippen molar-refractivity contribution in [3.05, 3.63) is 23.5 Å². The van der Waals surface area contributed by atoms with Crippen molar-refractivity contribution in [2.75, 3.05) is 0 Å². The Hall–Kier alpha value is -1.56. The van der Waals surface area contributed by atoms with E-state index in [2.05, 4.69) is 4.98 Å². The first-order valence-electron chi connectivity index (χ1n) is 3.26. The normalized spacial score (nSPS) is 9.09. The van der Waals surface area contributed by atoms with Gasteiger partial charge >= 0.3 is 0 Å². The molecular weight excluding hydrogens is 140 g/mol. The summed E-state index contributed by atoms with van der Waals surface area (Å²) >= 11 is 0. The molecule has 0 aliphatic carbocycles. The van der Waals surface area contributed by atoms with Crippen LogP contribution < -0.4 is 0 Å². The Morgan fingerprint density at radius 3 is 2.91 bits per heavy atom. The average Bonchev–Trinajstić information content (AvgIpc) is 1.98. The first-order valence-corrected chi connectivity index (χ1v) is 3.26. The van der Waals surface area contributed by atoms with E-state index in [-0.39, 0.29) is 5.75 Å². The number of nitrogens with zero attached hydrogens (tertiary/aromatic N) is 2. The quantitative estimate of drug-likeness (QED) is 0.650. The van der Waals surface area contributed by atoms with Crippen LogP contribution in [0.2, 0.25) is 0 Å². The van der Waals surface area contributed by atoms with Crippen molar-refractivity contribution in [2.45, 2.75) is 13.3 Å². The molecule has 0 fully saturated rings. The zero-order valence-corrected chi connectivity index (χ0v) is 6.20. The summed E-state index contributed by atoms with van der Waals surface area (Å²) in [6.45, 7) is 1.70. The summed E-state index contributed by atoms with van der Waals surface area (Å²) in [7, 11) is 0. The molecule has 56 valence electrons. The fraction of sp³-hybridized carbons (Fsp3) is 0.250. The second-order valence-corrected chi connectivity index (χ2v) is 2.24. The highest BCUT2D eigenvalue weighted by Crippen LogP contribution is 2.12. The van der Waals surface area contributed by atoms with Crippen LogP contribution in [0.3, 0.4) is 0 Å². The number of hydrogen-bond donors (Lipinski definition) is 1. The molecule has 1 aromatic rings. The highest BCUT2D eigenvalue weighted by atomic mass is 16.3. The highest BCUT2D eigenvalue weighted by Gasteiger charge is 1.97. The van der Waals surface area contributed by atoms with E-state index < -0.39 is 0 Å². The molecule has 1 N–H and O–H groups in total. The molecule has 3 heteroatoms. The van der Waals surface area contributed by atoms with E-state index in [1.807, 2.05) is 6.07 Å². The van der Waals surface area contributed by atoms with Gasteiger partial charge in [-0.2, -0.15) is 5.26 Å². The molecule has 0 unspecified atom stereocenters. The van der Waals surface area contributed by atoms with Crippen LogP contribution in [0.1, 0.15) is 11.4 Å². The van der Waals surface area contributed by atoms with Gasteiger partial charge in [-0.15, -0.1) is 0 Å². The van der Waals surface area contributed by atoms with E-state index in [1.165, 1.54) is 0 Å². The molecule has 0 saturated carbocycles. The van der Waals surface area contributed by atoms with Gasteiger partial charge in [0.25, 0.3) is 0 Å². The smallest absolute Gasteiger partial charge is 0.136 e. The first-order chi connectivity index (χ1) is 5.24. The molecule has 0 bridgehead atoms. The molecule has 1 aromatic heterocycles. The second-order valence-electron chi connectivity index (χ2n) is 2.24. The molecule has 0 aromatic carbocycles. The Morgan fingerprint density at radius 2 is 2.36 bits per heavy atom. The largest absolute Gasteiger partial charge is 0.506 e. The van der Waals surface area contributed by atoms with Gasteiger partial charge in [0, 0.05) is 0 Å². The number of aryl methyl sites for hydroxylation is 1. The molecule has 0 saturated heterocycles. The monoisotopic (exact) mass is 148 g/mol. The number of hydrogen-bond acceptors (Lipinski definition) is 3. The average molecular weight is 148 g/mol. The van der Waals surface area contributed by atoms with Crippen LogP contribution in [0.5, 0.6) is 5.75 Å². The number of pyridine rings is 1. The second kappa shape index (κ2) is 3.02. The van der Waals surface area contributed by atoms with E-state index in [0.717, 1.165) is 0 Å². The summed E-state index contributed by atoms with van der Waals surface area (Å²) in [4.78, 5) is 3.99. The molecule has 11 heavy (non-hydrogen) atoms. The molecular formula is C8H8N2O. The van der Waals surface area contributed by atoms with Crippen molar-refractivity contribution in [3.63, 3.8) is 0 Å². The molecule has 1 heterocycles. The van der Waals surface area contributed by atoms with Gasteiger partial charge in [-0.05, 0) is 19.1 Å². The fourth-order valence-electron chi connectivity index (χ4n) is 0.785. The van der Waals surface area contributed by atoms with Crippen molar-refractivity contribution in [1.82, 2.24) is 4.98 Å². The van der Waals surface area contributed by atoms with Gasteiger partial charge in [-0.25, -0.2) is 0 Å². The first kappa shape index (κ1) is 7.55. The molecule has 0 radical (unpaired) electrons. The Labute approximate surface area is 64.9 Å². The van der Waals surface area contributed by atoms with Gasteiger partial charge in [-0.1, -0.05) is 0 Å². The molecule has 0 amide bonds. The molecule has 0 atom stereocenters. The minimum absolute atomic E-state index is 0.173. The third-order valence-corrected chi connectivity index (χ3v) is 1.38. The Morgan fingerprint density at radius 1 is 1.64 bits per heavy atom. The summed E-state index contributed by atoms with van der Waals surface area (Å²) in [5.41, 5.74) is 1.26. The van der Waals surface area contributed by atoms with Crippen molar-refractivity contribution >= 4 is 0 Å². The number of rotatable bonds is 1. The lowest BCUT2D eigenvalue weighted by Crippen LogP contribution is -1.89.